The van der Waals surface area contributed by atoms with Gasteiger partial charge < -0.3 is 14.8 Å². The van der Waals surface area contributed by atoms with Gasteiger partial charge in [0.15, 0.2) is 0 Å². The SMILES string of the molecule is CCCN1C(=O)[C@@H]2[C@@H](CC(C)=C3[C@@H](CC/C(C)=C/c4ccc(O)cc4)OB(O)C[C@@H]32)C1=O. The predicted octanol–water partition coefficient (Wildman–Crippen LogP) is 3.80. The number of fused-ring (bicyclic) bond motifs is 3. The number of carbonyl (C=O) groups excluding carboxylic acids is 2. The molecule has 4 rings (SSSR count). The minimum absolute atomic E-state index is 0.0505. The van der Waals surface area contributed by atoms with Gasteiger partial charge in [-0.05, 0) is 75.0 Å². The van der Waals surface area contributed by atoms with E-state index in [0.717, 1.165) is 29.6 Å². The lowest BCUT2D eigenvalue weighted by Gasteiger charge is -2.42. The number of aromatic hydroxyl groups is 1. The fraction of sp³-hybridized carbons (Fsp3) is 0.520. The Morgan fingerprint density at radius 1 is 1.22 bits per heavy atom. The second-order valence-corrected chi connectivity index (χ2v) is 9.44. The molecular weight excluding hydrogens is 405 g/mol. The highest BCUT2D eigenvalue weighted by molar-refractivity contribution is 6.43. The monoisotopic (exact) mass is 437 g/mol. The van der Waals surface area contributed by atoms with Gasteiger partial charge in [-0.25, -0.2) is 0 Å². The zero-order chi connectivity index (χ0) is 23.0. The number of phenolic OH excluding ortho intramolecular Hbond substituents is 1. The number of hydrogen-bond acceptors (Lipinski definition) is 5. The van der Waals surface area contributed by atoms with Crippen molar-refractivity contribution >= 4 is 25.0 Å². The van der Waals surface area contributed by atoms with Gasteiger partial charge in [0.2, 0.25) is 11.8 Å². The molecule has 0 bridgehead atoms. The van der Waals surface area contributed by atoms with Gasteiger partial charge in [-0.2, -0.15) is 0 Å². The predicted molar refractivity (Wildman–Crippen MR) is 123 cm³/mol. The smallest absolute Gasteiger partial charge is 0.455 e. The lowest BCUT2D eigenvalue weighted by molar-refractivity contribution is -0.140. The van der Waals surface area contributed by atoms with Gasteiger partial charge in [0.1, 0.15) is 5.75 Å². The van der Waals surface area contributed by atoms with Crippen LogP contribution in [0.3, 0.4) is 0 Å². The summed E-state index contributed by atoms with van der Waals surface area (Å²) in [4.78, 5) is 27.5. The number of nitrogens with zero attached hydrogens (tertiary/aromatic N) is 1. The molecule has 2 amide bonds. The molecule has 4 atom stereocenters. The van der Waals surface area contributed by atoms with Crippen molar-refractivity contribution in [1.29, 1.82) is 0 Å². The first-order valence-corrected chi connectivity index (χ1v) is 11.6. The maximum Gasteiger partial charge on any atom is 0.455 e. The highest BCUT2D eigenvalue weighted by atomic mass is 16.5. The maximum atomic E-state index is 13.1. The highest BCUT2D eigenvalue weighted by Crippen LogP contribution is 2.50. The molecule has 32 heavy (non-hydrogen) atoms. The van der Waals surface area contributed by atoms with E-state index in [1.165, 1.54) is 10.5 Å². The van der Waals surface area contributed by atoms with Crippen molar-refractivity contribution in [3.63, 3.8) is 0 Å². The Labute approximate surface area is 190 Å². The molecule has 1 aromatic carbocycles. The topological polar surface area (TPSA) is 87.1 Å². The Morgan fingerprint density at radius 2 is 1.94 bits per heavy atom. The van der Waals surface area contributed by atoms with Gasteiger partial charge in [0.05, 0.1) is 17.9 Å². The molecule has 0 unspecified atom stereocenters. The summed E-state index contributed by atoms with van der Waals surface area (Å²) in [7, 11) is -0.926. The average molecular weight is 437 g/mol. The van der Waals surface area contributed by atoms with Gasteiger partial charge in [-0.15, -0.1) is 0 Å². The molecule has 0 radical (unpaired) electrons. The molecule has 3 aliphatic rings. The summed E-state index contributed by atoms with van der Waals surface area (Å²) >= 11 is 0. The molecule has 2 heterocycles. The highest BCUT2D eigenvalue weighted by Gasteiger charge is 2.56. The third-order valence-corrected chi connectivity index (χ3v) is 7.10. The van der Waals surface area contributed by atoms with E-state index in [9.17, 15) is 19.7 Å². The van der Waals surface area contributed by atoms with Crippen molar-refractivity contribution in [3.05, 3.63) is 46.5 Å². The van der Waals surface area contributed by atoms with Gasteiger partial charge in [0, 0.05) is 6.54 Å². The Morgan fingerprint density at radius 3 is 2.62 bits per heavy atom. The molecule has 2 saturated heterocycles. The van der Waals surface area contributed by atoms with Crippen molar-refractivity contribution in [2.45, 2.75) is 58.9 Å². The summed E-state index contributed by atoms with van der Waals surface area (Å²) in [6.45, 7) is 6.55. The van der Waals surface area contributed by atoms with Gasteiger partial charge >= 0.3 is 7.12 Å². The third kappa shape index (κ3) is 4.28. The fourth-order valence-corrected chi connectivity index (χ4v) is 5.72. The summed E-state index contributed by atoms with van der Waals surface area (Å²) in [5.74, 6) is -0.695. The normalized spacial score (nSPS) is 28.3. The first kappa shape index (κ1) is 22.8. The van der Waals surface area contributed by atoms with Crippen LogP contribution in [-0.4, -0.2) is 46.6 Å². The van der Waals surface area contributed by atoms with Gasteiger partial charge in [-0.3, -0.25) is 14.5 Å². The molecule has 2 aliphatic heterocycles. The number of allylic oxidation sites excluding steroid dienone is 2. The van der Waals surface area contributed by atoms with E-state index in [2.05, 4.69) is 13.0 Å². The van der Waals surface area contributed by atoms with Crippen molar-refractivity contribution in [1.82, 2.24) is 4.90 Å². The molecule has 2 N–H and O–H groups in total. The number of likely N-dealkylation sites (tertiary alicyclic amines) is 1. The zero-order valence-corrected chi connectivity index (χ0v) is 19.1. The molecule has 6 nitrogen and oxygen atoms in total. The minimum Gasteiger partial charge on any atom is -0.508 e. The van der Waals surface area contributed by atoms with Crippen LogP contribution in [0.5, 0.6) is 5.75 Å². The molecule has 1 aromatic rings. The van der Waals surface area contributed by atoms with Crippen LogP contribution in [0.25, 0.3) is 6.08 Å². The summed E-state index contributed by atoms with van der Waals surface area (Å²) in [5, 5.41) is 19.9. The zero-order valence-electron chi connectivity index (χ0n) is 19.1. The molecule has 0 aromatic heterocycles. The number of benzene rings is 1. The Hall–Kier alpha value is -2.38. The molecule has 1 aliphatic carbocycles. The van der Waals surface area contributed by atoms with E-state index in [1.807, 2.05) is 26.0 Å². The molecular formula is C25H32BNO5. The number of hydrogen-bond donors (Lipinski definition) is 2. The van der Waals surface area contributed by atoms with E-state index in [4.69, 9.17) is 4.65 Å². The second-order valence-electron chi connectivity index (χ2n) is 9.44. The van der Waals surface area contributed by atoms with E-state index in [1.54, 1.807) is 12.1 Å². The Kier molecular flexibility index (Phi) is 6.58. The summed E-state index contributed by atoms with van der Waals surface area (Å²) in [6.07, 6.45) is 5.03. The third-order valence-electron chi connectivity index (χ3n) is 7.10. The van der Waals surface area contributed by atoms with Gasteiger partial charge in [-0.1, -0.05) is 36.3 Å². The average Bonchev–Trinajstić information content (AvgIpc) is 2.98. The van der Waals surface area contributed by atoms with Crippen LogP contribution >= 0.6 is 0 Å². The van der Waals surface area contributed by atoms with Crippen LogP contribution in [0.2, 0.25) is 6.32 Å². The number of rotatable bonds is 6. The van der Waals surface area contributed by atoms with Crippen LogP contribution in [0.15, 0.2) is 41.0 Å². The van der Waals surface area contributed by atoms with E-state index in [0.29, 0.717) is 25.7 Å². The lowest BCUT2D eigenvalue weighted by atomic mass is 9.59. The molecule has 2 fully saturated rings. The standard InChI is InChI=1S/C25H32BNO5/c1-4-11-27-24(29)19-13-16(3)22-20(23(19)25(27)30)14-26(31)32-21(22)10-5-15(2)12-17-6-8-18(28)9-7-17/h6-9,12,19-21,23,28,31H,4-5,10-11,13-14H2,1-3H3/b15-12+/t19-,20+,21-,23-/m1/s1. The van der Waals surface area contributed by atoms with Crippen LogP contribution < -0.4 is 0 Å². The molecule has 7 heteroatoms. The number of imide groups is 1. The lowest BCUT2D eigenvalue weighted by Crippen LogP contribution is -2.46. The van der Waals surface area contributed by atoms with Crippen LogP contribution in [-0.2, 0) is 14.2 Å². The van der Waals surface area contributed by atoms with Crippen LogP contribution in [0.1, 0.15) is 52.0 Å². The Balaban J connectivity index is 1.53. The van der Waals surface area contributed by atoms with Crippen molar-refractivity contribution in [2.24, 2.45) is 17.8 Å². The first-order valence-electron chi connectivity index (χ1n) is 11.6. The van der Waals surface area contributed by atoms with Crippen molar-refractivity contribution in [2.75, 3.05) is 6.54 Å². The van der Waals surface area contributed by atoms with Crippen molar-refractivity contribution in [3.8, 4) is 5.75 Å². The summed E-state index contributed by atoms with van der Waals surface area (Å²) in [6, 6.07) is 7.07. The maximum absolute atomic E-state index is 13.1. The number of amides is 2. The largest absolute Gasteiger partial charge is 0.508 e. The number of carbonyl (C=O) groups is 2. The first-order chi connectivity index (χ1) is 15.3. The molecule has 0 saturated carbocycles. The van der Waals surface area contributed by atoms with E-state index >= 15 is 0 Å². The molecule has 170 valence electrons. The van der Waals surface area contributed by atoms with Crippen molar-refractivity contribution < 1.29 is 24.4 Å². The van der Waals surface area contributed by atoms with E-state index < -0.39 is 7.12 Å². The summed E-state index contributed by atoms with van der Waals surface area (Å²) in [5.41, 5.74) is 4.44. The van der Waals surface area contributed by atoms with Crippen LogP contribution in [0, 0.1) is 17.8 Å². The number of phenols is 1. The van der Waals surface area contributed by atoms with Gasteiger partial charge in [0.25, 0.3) is 0 Å². The molecule has 0 spiro atoms. The Bertz CT molecular complexity index is 954. The quantitative estimate of drug-likeness (QED) is 0.402. The van der Waals surface area contributed by atoms with E-state index in [-0.39, 0.29) is 41.4 Å². The second kappa shape index (κ2) is 9.24. The summed E-state index contributed by atoms with van der Waals surface area (Å²) < 4.78 is 5.95. The fourth-order valence-electron chi connectivity index (χ4n) is 5.72. The van der Waals surface area contributed by atoms with Crippen LogP contribution in [0.4, 0.5) is 0 Å². The minimum atomic E-state index is -0.926.